The van der Waals surface area contributed by atoms with Crippen LogP contribution < -0.4 is 10.5 Å². The number of fused-ring (bicyclic) bond motifs is 1. The summed E-state index contributed by atoms with van der Waals surface area (Å²) in [4.78, 5) is 28.8. The highest BCUT2D eigenvalue weighted by molar-refractivity contribution is 5.94. The van der Waals surface area contributed by atoms with E-state index in [1.54, 1.807) is 24.3 Å². The van der Waals surface area contributed by atoms with Crippen molar-refractivity contribution in [2.45, 2.75) is 6.92 Å². The number of nitrogens with zero attached hydrogens (tertiary/aromatic N) is 3. The van der Waals surface area contributed by atoms with Crippen molar-refractivity contribution < 1.29 is 9.69 Å². The predicted molar refractivity (Wildman–Crippen MR) is 105 cm³/mol. The zero-order valence-corrected chi connectivity index (χ0v) is 15.6. The lowest BCUT2D eigenvalue weighted by molar-refractivity contribution is -0.883. The third kappa shape index (κ3) is 3.24. The van der Waals surface area contributed by atoms with E-state index in [9.17, 15) is 9.59 Å². The summed E-state index contributed by atoms with van der Waals surface area (Å²) in [5.74, 6) is 0.0454. The molecule has 6 heteroatoms. The van der Waals surface area contributed by atoms with Gasteiger partial charge in [-0.2, -0.15) is 9.78 Å². The summed E-state index contributed by atoms with van der Waals surface area (Å²) in [6, 6.07) is 14.6. The molecule has 6 nitrogen and oxygen atoms in total. The highest BCUT2D eigenvalue weighted by Gasteiger charge is 2.22. The summed E-state index contributed by atoms with van der Waals surface area (Å²) in [6.07, 6.45) is 0. The number of quaternary nitrogens is 1. The smallest absolute Gasteiger partial charge is 0.279 e. The minimum Gasteiger partial charge on any atom is -0.334 e. The van der Waals surface area contributed by atoms with Gasteiger partial charge in [-0.05, 0) is 37.3 Å². The number of hydrogen-bond acceptors (Lipinski definition) is 3. The lowest BCUT2D eigenvalue weighted by atomic mass is 10.1. The molecule has 4 rings (SSSR count). The monoisotopic (exact) mass is 363 g/mol. The predicted octanol–water partition coefficient (Wildman–Crippen LogP) is 0.665. The average Bonchev–Trinajstić information content (AvgIpc) is 2.71. The van der Waals surface area contributed by atoms with E-state index < -0.39 is 0 Å². The van der Waals surface area contributed by atoms with Gasteiger partial charge in [0.1, 0.15) is 0 Å². The molecule has 1 aromatic heterocycles. The molecule has 2 heterocycles. The van der Waals surface area contributed by atoms with Crippen molar-refractivity contribution in [3.05, 3.63) is 70.1 Å². The van der Waals surface area contributed by atoms with Gasteiger partial charge in [0.15, 0.2) is 0 Å². The van der Waals surface area contributed by atoms with Gasteiger partial charge in [-0.3, -0.25) is 9.59 Å². The van der Waals surface area contributed by atoms with Crippen LogP contribution in [0.3, 0.4) is 0 Å². The number of benzene rings is 2. The molecule has 0 radical (unpaired) electrons. The van der Waals surface area contributed by atoms with Crippen molar-refractivity contribution in [2.75, 3.05) is 33.2 Å². The second-order valence-electron chi connectivity index (χ2n) is 7.14. The Bertz CT molecular complexity index is 1050. The number of rotatable bonds is 2. The molecular formula is C21H23N4O2+. The first-order valence-electron chi connectivity index (χ1n) is 9.24. The number of nitrogens with one attached hydrogen (secondary N) is 1. The maximum absolute atomic E-state index is 12.8. The number of carbonyl (C=O) groups is 1. The number of aromatic nitrogens is 2. The largest absolute Gasteiger partial charge is 0.334 e. The summed E-state index contributed by atoms with van der Waals surface area (Å²) >= 11 is 0. The van der Waals surface area contributed by atoms with E-state index in [1.807, 2.05) is 36.1 Å². The van der Waals surface area contributed by atoms with Gasteiger partial charge < -0.3 is 9.80 Å². The first kappa shape index (κ1) is 17.4. The van der Waals surface area contributed by atoms with Crippen molar-refractivity contribution >= 4 is 16.7 Å². The van der Waals surface area contributed by atoms with Crippen LogP contribution in [0.25, 0.3) is 16.5 Å². The number of hydrogen-bond donors (Lipinski definition) is 1. The Labute approximate surface area is 157 Å². The van der Waals surface area contributed by atoms with Gasteiger partial charge in [-0.1, -0.05) is 18.2 Å². The topological polar surface area (TPSA) is 59.6 Å². The third-order valence-corrected chi connectivity index (χ3v) is 5.25. The molecule has 1 fully saturated rings. The average molecular weight is 363 g/mol. The highest BCUT2D eigenvalue weighted by atomic mass is 16.2. The van der Waals surface area contributed by atoms with Crippen LogP contribution in [0.4, 0.5) is 0 Å². The molecule has 1 aliphatic heterocycles. The Kier molecular flexibility index (Phi) is 4.49. The number of aryl methyl sites for hydroxylation is 1. The van der Waals surface area contributed by atoms with Crippen LogP contribution >= 0.6 is 0 Å². The number of likely N-dealkylation sites (N-methyl/N-ethyl adjacent to an activating group) is 1. The SMILES string of the molecule is Cc1nn(-c2ccc(C(=O)N3CC[NH+](C)CC3)cc2)c(=O)c2ccccc12. The standard InChI is InChI=1S/C21H22N4O2/c1-15-18-5-3-4-6-19(18)21(27)25(22-15)17-9-7-16(8-10-17)20(26)24-13-11-23(2)12-14-24/h3-10H,11-14H2,1-2H3/p+1. The molecule has 1 amide bonds. The lowest BCUT2D eigenvalue weighted by Gasteiger charge is -2.30. The Morgan fingerprint density at radius 2 is 1.63 bits per heavy atom. The summed E-state index contributed by atoms with van der Waals surface area (Å²) in [5, 5.41) is 5.96. The van der Waals surface area contributed by atoms with E-state index in [0.717, 1.165) is 37.3 Å². The maximum Gasteiger partial charge on any atom is 0.279 e. The van der Waals surface area contributed by atoms with Gasteiger partial charge in [-0.25, -0.2) is 0 Å². The molecule has 0 unspecified atom stereocenters. The van der Waals surface area contributed by atoms with Crippen LogP contribution in [-0.2, 0) is 0 Å². The summed E-state index contributed by atoms with van der Waals surface area (Å²) in [7, 11) is 2.15. The first-order valence-corrected chi connectivity index (χ1v) is 9.24. The number of piperazine rings is 1. The van der Waals surface area contributed by atoms with Gasteiger partial charge in [0.2, 0.25) is 0 Å². The Morgan fingerprint density at radius 1 is 1.00 bits per heavy atom. The molecule has 27 heavy (non-hydrogen) atoms. The van der Waals surface area contributed by atoms with E-state index in [-0.39, 0.29) is 11.5 Å². The van der Waals surface area contributed by atoms with Gasteiger partial charge >= 0.3 is 0 Å². The van der Waals surface area contributed by atoms with Crippen molar-refractivity contribution in [2.24, 2.45) is 0 Å². The van der Waals surface area contributed by atoms with Crippen LogP contribution in [0.15, 0.2) is 53.3 Å². The van der Waals surface area contributed by atoms with Crippen molar-refractivity contribution in [1.82, 2.24) is 14.7 Å². The maximum atomic E-state index is 12.8. The van der Waals surface area contributed by atoms with Gasteiger partial charge in [0.05, 0.1) is 50.0 Å². The zero-order valence-electron chi connectivity index (χ0n) is 15.6. The van der Waals surface area contributed by atoms with Gasteiger partial charge in [-0.15, -0.1) is 0 Å². The molecule has 138 valence electrons. The highest BCUT2D eigenvalue weighted by Crippen LogP contribution is 2.15. The molecule has 0 aliphatic carbocycles. The van der Waals surface area contributed by atoms with Gasteiger partial charge in [0, 0.05) is 10.9 Å². The molecule has 3 aromatic rings. The van der Waals surface area contributed by atoms with Crippen LogP contribution in [0.2, 0.25) is 0 Å². The molecule has 0 spiro atoms. The Morgan fingerprint density at radius 3 is 2.30 bits per heavy atom. The fraction of sp³-hybridized carbons (Fsp3) is 0.286. The first-order chi connectivity index (χ1) is 13.0. The number of carbonyl (C=O) groups excluding carboxylic acids is 1. The van der Waals surface area contributed by atoms with Crippen molar-refractivity contribution in [3.8, 4) is 5.69 Å². The fourth-order valence-electron chi connectivity index (χ4n) is 3.54. The van der Waals surface area contributed by atoms with Crippen LogP contribution in [0.1, 0.15) is 16.1 Å². The van der Waals surface area contributed by atoms with E-state index in [2.05, 4.69) is 12.1 Å². The van der Waals surface area contributed by atoms with Crippen LogP contribution in [0, 0.1) is 6.92 Å². The molecule has 0 bridgehead atoms. The molecule has 2 aromatic carbocycles. The van der Waals surface area contributed by atoms with E-state index in [1.165, 1.54) is 9.58 Å². The van der Waals surface area contributed by atoms with Crippen molar-refractivity contribution in [1.29, 1.82) is 0 Å². The minimum atomic E-state index is -0.155. The normalized spacial score (nSPS) is 15.3. The second-order valence-corrected chi connectivity index (χ2v) is 7.14. The molecule has 1 aliphatic rings. The lowest BCUT2D eigenvalue weighted by Crippen LogP contribution is -3.12. The van der Waals surface area contributed by atoms with Crippen LogP contribution in [-0.4, -0.2) is 53.8 Å². The summed E-state index contributed by atoms with van der Waals surface area (Å²) in [5.41, 5.74) is 1.94. The van der Waals surface area contributed by atoms with E-state index in [4.69, 9.17) is 0 Å². The molecule has 1 N–H and O–H groups in total. The quantitative estimate of drug-likeness (QED) is 0.728. The number of amides is 1. The van der Waals surface area contributed by atoms with Crippen LogP contribution in [0.5, 0.6) is 0 Å². The molecule has 0 atom stereocenters. The van der Waals surface area contributed by atoms with E-state index >= 15 is 0 Å². The van der Waals surface area contributed by atoms with Crippen molar-refractivity contribution in [3.63, 3.8) is 0 Å². The fourth-order valence-corrected chi connectivity index (χ4v) is 3.54. The molecule has 0 saturated carbocycles. The summed E-state index contributed by atoms with van der Waals surface area (Å²) < 4.78 is 1.41. The van der Waals surface area contributed by atoms with Gasteiger partial charge in [0.25, 0.3) is 11.5 Å². The Balaban J connectivity index is 1.65. The zero-order chi connectivity index (χ0) is 19.0. The molecular weight excluding hydrogens is 340 g/mol. The summed E-state index contributed by atoms with van der Waals surface area (Å²) in [6.45, 7) is 5.39. The second kappa shape index (κ2) is 6.96. The Hall–Kier alpha value is -2.99. The minimum absolute atomic E-state index is 0.0454. The molecule has 1 saturated heterocycles. The third-order valence-electron chi connectivity index (χ3n) is 5.25. The van der Waals surface area contributed by atoms with E-state index in [0.29, 0.717) is 16.6 Å².